The van der Waals surface area contributed by atoms with E-state index in [0.29, 0.717) is 6.42 Å². The first-order valence-corrected chi connectivity index (χ1v) is 10.9. The van der Waals surface area contributed by atoms with Gasteiger partial charge in [-0.2, -0.15) is 0 Å². The molecular formula is C18H33NO3S. The molecule has 0 aromatic heterocycles. The molecule has 0 amide bonds. The van der Waals surface area contributed by atoms with Gasteiger partial charge in [-0.15, -0.1) is 0 Å². The van der Waals surface area contributed by atoms with Gasteiger partial charge in [-0.05, 0) is 51.6 Å². The highest BCUT2D eigenvalue weighted by Crippen LogP contribution is 2.26. The maximum Gasteiger partial charge on any atom is 0.307 e. The molecule has 5 heteroatoms. The highest BCUT2D eigenvalue weighted by atomic mass is 32.2. The number of hydrogen-bond acceptors (Lipinski definition) is 4. The quantitative estimate of drug-likeness (QED) is 0.635. The van der Waals surface area contributed by atoms with E-state index in [1.807, 2.05) is 0 Å². The van der Waals surface area contributed by atoms with Gasteiger partial charge in [-0.1, -0.05) is 26.2 Å². The van der Waals surface area contributed by atoms with E-state index in [4.69, 9.17) is 4.74 Å². The van der Waals surface area contributed by atoms with Crippen molar-refractivity contribution in [1.29, 1.82) is 0 Å². The Bertz CT molecular complexity index is 382. The van der Waals surface area contributed by atoms with Gasteiger partial charge in [0.15, 0.2) is 0 Å². The second-order valence-electron chi connectivity index (χ2n) is 6.94. The standard InChI is InChI=1S/C18H33NO3S/c1-2-3-15-23(21)17-10-6-5-9-16(17)22-18(20)11-14-19-12-7-4-8-13-19/h16-17H,2-15H2,1H3. The van der Waals surface area contributed by atoms with Crippen LogP contribution in [0.25, 0.3) is 0 Å². The molecule has 0 N–H and O–H groups in total. The summed E-state index contributed by atoms with van der Waals surface area (Å²) in [6, 6.07) is 0. The lowest BCUT2D eigenvalue weighted by molar-refractivity contribution is -0.150. The highest BCUT2D eigenvalue weighted by Gasteiger charge is 2.32. The average Bonchev–Trinajstić information content (AvgIpc) is 2.59. The van der Waals surface area contributed by atoms with E-state index in [9.17, 15) is 9.00 Å². The van der Waals surface area contributed by atoms with Crippen molar-refractivity contribution in [2.75, 3.05) is 25.4 Å². The lowest BCUT2D eigenvalue weighted by Gasteiger charge is -2.31. The van der Waals surface area contributed by atoms with E-state index < -0.39 is 10.8 Å². The number of likely N-dealkylation sites (tertiary alicyclic amines) is 1. The molecule has 0 aromatic rings. The van der Waals surface area contributed by atoms with Crippen molar-refractivity contribution in [3.05, 3.63) is 0 Å². The molecule has 4 nitrogen and oxygen atoms in total. The molecule has 0 radical (unpaired) electrons. The molecule has 1 saturated carbocycles. The molecule has 3 atom stereocenters. The minimum atomic E-state index is -0.849. The first-order valence-electron chi connectivity index (χ1n) is 9.49. The Balaban J connectivity index is 1.75. The van der Waals surface area contributed by atoms with Crippen LogP contribution in [0.4, 0.5) is 0 Å². The predicted octanol–water partition coefficient (Wildman–Crippen LogP) is 3.27. The van der Waals surface area contributed by atoms with Crippen LogP contribution >= 0.6 is 0 Å². The molecule has 1 saturated heterocycles. The molecule has 3 unspecified atom stereocenters. The fourth-order valence-electron chi connectivity index (χ4n) is 3.60. The van der Waals surface area contributed by atoms with Crippen LogP contribution in [0.5, 0.6) is 0 Å². The summed E-state index contributed by atoms with van der Waals surface area (Å²) in [6.45, 7) is 5.16. The zero-order valence-electron chi connectivity index (χ0n) is 14.6. The van der Waals surface area contributed by atoms with Crippen molar-refractivity contribution in [3.8, 4) is 0 Å². The van der Waals surface area contributed by atoms with Gasteiger partial charge in [0.25, 0.3) is 0 Å². The second-order valence-corrected chi connectivity index (χ2v) is 8.72. The molecule has 2 aliphatic rings. The number of ether oxygens (including phenoxy) is 1. The Labute approximate surface area is 143 Å². The van der Waals surface area contributed by atoms with Crippen molar-refractivity contribution < 1.29 is 13.7 Å². The minimum Gasteiger partial charge on any atom is -0.461 e. The molecule has 1 aliphatic carbocycles. The summed E-state index contributed by atoms with van der Waals surface area (Å²) < 4.78 is 18.2. The lowest BCUT2D eigenvalue weighted by atomic mass is 9.97. The highest BCUT2D eigenvalue weighted by molar-refractivity contribution is 7.85. The molecule has 1 heterocycles. The Morgan fingerprint density at radius 2 is 1.87 bits per heavy atom. The largest absolute Gasteiger partial charge is 0.461 e. The van der Waals surface area contributed by atoms with Crippen molar-refractivity contribution in [2.45, 2.75) is 82.5 Å². The smallest absolute Gasteiger partial charge is 0.307 e. The Hall–Kier alpha value is -0.420. The first kappa shape index (κ1) is 18.9. The van der Waals surface area contributed by atoms with Crippen LogP contribution in [0, 0.1) is 0 Å². The summed E-state index contributed by atoms with van der Waals surface area (Å²) in [5, 5.41) is 0.0641. The molecule has 0 spiro atoms. The first-order chi connectivity index (χ1) is 11.2. The molecule has 0 aromatic carbocycles. The summed E-state index contributed by atoms with van der Waals surface area (Å²) in [7, 11) is -0.849. The minimum absolute atomic E-state index is 0.0641. The normalized spacial score (nSPS) is 27.5. The van der Waals surface area contributed by atoms with Crippen molar-refractivity contribution in [3.63, 3.8) is 0 Å². The number of hydrogen-bond donors (Lipinski definition) is 0. The van der Waals surface area contributed by atoms with E-state index in [2.05, 4.69) is 11.8 Å². The summed E-state index contributed by atoms with van der Waals surface area (Å²) in [4.78, 5) is 14.6. The third kappa shape index (κ3) is 6.54. The third-order valence-electron chi connectivity index (χ3n) is 5.04. The summed E-state index contributed by atoms with van der Waals surface area (Å²) in [6.07, 6.45) is 10.3. The zero-order valence-corrected chi connectivity index (χ0v) is 15.5. The Kier molecular flexibility index (Phi) is 8.59. The molecule has 23 heavy (non-hydrogen) atoms. The summed E-state index contributed by atoms with van der Waals surface area (Å²) in [5.41, 5.74) is 0. The van der Waals surface area contributed by atoms with Crippen LogP contribution in [0.2, 0.25) is 0 Å². The molecule has 2 rings (SSSR count). The Morgan fingerprint density at radius 3 is 2.61 bits per heavy atom. The van der Waals surface area contributed by atoms with Crippen molar-refractivity contribution >= 4 is 16.8 Å². The fraction of sp³-hybridized carbons (Fsp3) is 0.944. The predicted molar refractivity (Wildman–Crippen MR) is 95.0 cm³/mol. The van der Waals surface area contributed by atoms with Crippen LogP contribution in [0.15, 0.2) is 0 Å². The van der Waals surface area contributed by atoms with Gasteiger partial charge >= 0.3 is 5.97 Å². The number of carbonyl (C=O) groups is 1. The van der Waals surface area contributed by atoms with Crippen LogP contribution in [-0.4, -0.2) is 51.8 Å². The van der Waals surface area contributed by atoms with Crippen LogP contribution in [0.1, 0.15) is 71.1 Å². The van der Waals surface area contributed by atoms with E-state index in [0.717, 1.165) is 63.9 Å². The number of nitrogens with zero attached hydrogens (tertiary/aromatic N) is 1. The summed E-state index contributed by atoms with van der Waals surface area (Å²) >= 11 is 0. The number of rotatable bonds is 8. The van der Waals surface area contributed by atoms with Gasteiger partial charge in [0.1, 0.15) is 6.10 Å². The molecule has 2 fully saturated rings. The van der Waals surface area contributed by atoms with Crippen molar-refractivity contribution in [1.82, 2.24) is 4.90 Å². The van der Waals surface area contributed by atoms with E-state index >= 15 is 0 Å². The monoisotopic (exact) mass is 343 g/mol. The number of carbonyl (C=O) groups excluding carboxylic acids is 1. The van der Waals surface area contributed by atoms with E-state index in [1.165, 1.54) is 19.3 Å². The lowest BCUT2D eigenvalue weighted by Crippen LogP contribution is -2.39. The maximum absolute atomic E-state index is 12.5. The van der Waals surface area contributed by atoms with Crippen molar-refractivity contribution in [2.24, 2.45) is 0 Å². The van der Waals surface area contributed by atoms with E-state index in [-0.39, 0.29) is 17.3 Å². The van der Waals surface area contributed by atoms with Gasteiger partial charge in [-0.25, -0.2) is 0 Å². The second kappa shape index (κ2) is 10.4. The van der Waals surface area contributed by atoms with Gasteiger partial charge in [0, 0.05) is 23.1 Å². The number of piperidine rings is 1. The molecular weight excluding hydrogens is 310 g/mol. The summed E-state index contributed by atoms with van der Waals surface area (Å²) in [5.74, 6) is 0.656. The van der Waals surface area contributed by atoms with Gasteiger partial charge in [0.2, 0.25) is 0 Å². The number of esters is 1. The Morgan fingerprint density at radius 1 is 1.13 bits per heavy atom. The average molecular weight is 344 g/mol. The van der Waals surface area contributed by atoms with Gasteiger partial charge in [-0.3, -0.25) is 9.00 Å². The number of unbranched alkanes of at least 4 members (excludes halogenated alkanes) is 1. The van der Waals surface area contributed by atoms with Gasteiger partial charge < -0.3 is 9.64 Å². The third-order valence-corrected chi connectivity index (χ3v) is 6.95. The van der Waals surface area contributed by atoms with E-state index in [1.54, 1.807) is 0 Å². The van der Waals surface area contributed by atoms with Crippen LogP contribution in [-0.2, 0) is 20.3 Å². The molecule has 1 aliphatic heterocycles. The van der Waals surface area contributed by atoms with Crippen LogP contribution < -0.4 is 0 Å². The fourth-order valence-corrected chi connectivity index (χ4v) is 5.43. The molecule has 134 valence electrons. The maximum atomic E-state index is 12.5. The molecule has 0 bridgehead atoms. The SMILES string of the molecule is CCCCS(=O)C1CCCCC1OC(=O)CCN1CCCCC1. The van der Waals surface area contributed by atoms with Crippen LogP contribution in [0.3, 0.4) is 0 Å². The van der Waals surface area contributed by atoms with Gasteiger partial charge in [0.05, 0.1) is 11.7 Å². The zero-order chi connectivity index (χ0) is 16.5. The topological polar surface area (TPSA) is 46.6 Å².